The smallest absolute Gasteiger partial charge is 0.309 e. The van der Waals surface area contributed by atoms with Crippen LogP contribution in [0.15, 0.2) is 36.4 Å². The Morgan fingerprint density at radius 1 is 0.912 bits per heavy atom. The summed E-state index contributed by atoms with van der Waals surface area (Å²) in [6.45, 7) is 3.48. The summed E-state index contributed by atoms with van der Waals surface area (Å²) in [5, 5.41) is 2.92. The molecule has 1 N–H and O–H groups in total. The molecule has 180 valence electrons. The number of ether oxygens (including phenoxy) is 3. The van der Waals surface area contributed by atoms with Crippen molar-refractivity contribution in [2.75, 3.05) is 57.2 Å². The van der Waals surface area contributed by atoms with E-state index in [4.69, 9.17) is 9.47 Å². The number of piperazine rings is 1. The average molecular weight is 468 g/mol. The Morgan fingerprint density at radius 2 is 1.62 bits per heavy atom. The molecule has 34 heavy (non-hydrogen) atoms. The lowest BCUT2D eigenvalue weighted by Crippen LogP contribution is -2.48. The van der Waals surface area contributed by atoms with Crippen LogP contribution in [0.5, 0.6) is 11.5 Å². The molecule has 0 unspecified atom stereocenters. The van der Waals surface area contributed by atoms with E-state index in [1.807, 2.05) is 17.0 Å². The summed E-state index contributed by atoms with van der Waals surface area (Å²) in [6, 6.07) is 11.4. The molecule has 0 bridgehead atoms. The van der Waals surface area contributed by atoms with Crippen LogP contribution in [-0.2, 0) is 20.7 Å². The number of fused-ring (bicyclic) bond motifs is 1. The number of benzene rings is 2. The van der Waals surface area contributed by atoms with E-state index in [2.05, 4.69) is 21.0 Å². The van der Waals surface area contributed by atoms with Gasteiger partial charge in [0.25, 0.3) is 5.91 Å². The van der Waals surface area contributed by atoms with Crippen molar-refractivity contribution in [2.45, 2.75) is 19.3 Å². The number of nitrogens with one attached hydrogen (secondary N) is 1. The monoisotopic (exact) mass is 467 g/mol. The number of cyclic esters (lactones) is 1. The van der Waals surface area contributed by atoms with Crippen LogP contribution in [0.2, 0.25) is 0 Å². The second kappa shape index (κ2) is 10.5. The third kappa shape index (κ3) is 5.24. The number of carbonyl (C=O) groups is 3. The van der Waals surface area contributed by atoms with Crippen molar-refractivity contribution < 1.29 is 28.6 Å². The number of rotatable bonds is 4. The van der Waals surface area contributed by atoms with Crippen molar-refractivity contribution in [3.8, 4) is 11.5 Å². The molecule has 9 nitrogen and oxygen atoms in total. The van der Waals surface area contributed by atoms with Gasteiger partial charge in [-0.05, 0) is 48.4 Å². The van der Waals surface area contributed by atoms with Crippen LogP contribution in [-0.4, -0.2) is 69.7 Å². The molecule has 0 aliphatic carbocycles. The third-order valence-corrected chi connectivity index (χ3v) is 6.12. The first-order valence-electron chi connectivity index (χ1n) is 11.3. The fourth-order valence-corrected chi connectivity index (χ4v) is 4.07. The Bertz CT molecular complexity index is 1070. The summed E-state index contributed by atoms with van der Waals surface area (Å²) in [7, 11) is 3.14. The predicted octanol–water partition coefficient (Wildman–Crippen LogP) is 2.48. The summed E-state index contributed by atoms with van der Waals surface area (Å²) in [4.78, 5) is 38.3. The lowest BCUT2D eigenvalue weighted by Gasteiger charge is -2.36. The Labute approximate surface area is 198 Å². The quantitative estimate of drug-likeness (QED) is 0.690. The lowest BCUT2D eigenvalue weighted by molar-refractivity contribution is -0.157. The van der Waals surface area contributed by atoms with Gasteiger partial charge in [-0.1, -0.05) is 0 Å². The zero-order valence-corrected chi connectivity index (χ0v) is 19.5. The third-order valence-electron chi connectivity index (χ3n) is 6.12. The van der Waals surface area contributed by atoms with E-state index in [1.165, 1.54) is 5.56 Å². The predicted molar refractivity (Wildman–Crippen MR) is 127 cm³/mol. The highest BCUT2D eigenvalue weighted by atomic mass is 16.6. The molecule has 0 aromatic heterocycles. The van der Waals surface area contributed by atoms with E-state index in [9.17, 15) is 14.4 Å². The molecule has 5 rings (SSSR count). The van der Waals surface area contributed by atoms with E-state index in [0.717, 1.165) is 30.9 Å². The van der Waals surface area contributed by atoms with Gasteiger partial charge >= 0.3 is 5.97 Å². The molecular formula is C25H29N3O6. The fraction of sp³-hybridized carbons (Fsp3) is 0.400. The zero-order chi connectivity index (χ0) is 24.1. The highest BCUT2D eigenvalue weighted by Crippen LogP contribution is 2.30. The van der Waals surface area contributed by atoms with E-state index in [-0.39, 0.29) is 17.8 Å². The molecule has 3 heterocycles. The van der Waals surface area contributed by atoms with Crippen molar-refractivity contribution in [3.63, 3.8) is 0 Å². The molecule has 3 aliphatic heterocycles. The van der Waals surface area contributed by atoms with Crippen LogP contribution in [0.1, 0.15) is 28.8 Å². The Balaban J connectivity index is 0.000000486. The molecule has 2 aromatic carbocycles. The van der Waals surface area contributed by atoms with Crippen molar-refractivity contribution in [3.05, 3.63) is 47.5 Å². The van der Waals surface area contributed by atoms with Crippen LogP contribution in [0.3, 0.4) is 0 Å². The number of hydrogen-bond donors (Lipinski definition) is 1. The van der Waals surface area contributed by atoms with Crippen LogP contribution in [0.25, 0.3) is 0 Å². The largest absolute Gasteiger partial charge is 0.493 e. The molecule has 2 saturated heterocycles. The molecule has 2 fully saturated rings. The SMILES string of the molecule is COc1ccc(C(=O)N2CCN(c3ccc4c(c3)CCC(=O)N4)CC2)cc1OC.O=C1CCO1. The number of methoxy groups -OCH3 is 2. The zero-order valence-electron chi connectivity index (χ0n) is 19.5. The van der Waals surface area contributed by atoms with Gasteiger partial charge in [0, 0.05) is 49.5 Å². The number of esters is 1. The van der Waals surface area contributed by atoms with Crippen LogP contribution < -0.4 is 19.7 Å². The van der Waals surface area contributed by atoms with Crippen LogP contribution in [0, 0.1) is 0 Å². The van der Waals surface area contributed by atoms with E-state index in [0.29, 0.717) is 49.6 Å². The second-order valence-corrected chi connectivity index (χ2v) is 8.21. The van der Waals surface area contributed by atoms with Gasteiger partial charge in [0.1, 0.15) is 6.61 Å². The maximum Gasteiger partial charge on any atom is 0.309 e. The van der Waals surface area contributed by atoms with Gasteiger partial charge in [0.15, 0.2) is 11.5 Å². The van der Waals surface area contributed by atoms with Crippen molar-refractivity contribution in [1.29, 1.82) is 0 Å². The standard InChI is InChI=1S/C22H25N3O4.C3H4O2/c1-28-19-7-3-16(14-20(19)29-2)22(27)25-11-9-24(10-12-25)17-5-6-18-15(13-17)4-8-21(26)23-18;4-3-1-2-5-3/h3,5-7,13-14H,4,8-12H2,1-2H3,(H,23,26);1-2H2. The average Bonchev–Trinajstić information content (AvgIpc) is 2.86. The number of aryl methyl sites for hydroxylation is 1. The molecule has 0 spiro atoms. The fourth-order valence-electron chi connectivity index (χ4n) is 4.07. The van der Waals surface area contributed by atoms with Gasteiger partial charge in [-0.3, -0.25) is 14.4 Å². The summed E-state index contributed by atoms with van der Waals surface area (Å²) < 4.78 is 14.8. The van der Waals surface area contributed by atoms with Crippen LogP contribution in [0.4, 0.5) is 11.4 Å². The van der Waals surface area contributed by atoms with Gasteiger partial charge in [0.05, 0.1) is 20.6 Å². The van der Waals surface area contributed by atoms with Crippen molar-refractivity contribution in [2.24, 2.45) is 0 Å². The van der Waals surface area contributed by atoms with Gasteiger partial charge in [0.2, 0.25) is 5.91 Å². The minimum atomic E-state index is -0.0648. The first kappa shape index (κ1) is 23.4. The molecule has 0 atom stereocenters. The highest BCUT2D eigenvalue weighted by molar-refractivity contribution is 5.95. The van der Waals surface area contributed by atoms with E-state index in [1.54, 1.807) is 32.4 Å². The van der Waals surface area contributed by atoms with Gasteiger partial charge in [-0.15, -0.1) is 0 Å². The molecule has 2 amide bonds. The van der Waals surface area contributed by atoms with Crippen LogP contribution >= 0.6 is 0 Å². The number of carbonyl (C=O) groups excluding carboxylic acids is 3. The van der Waals surface area contributed by atoms with Gasteiger partial charge in [-0.2, -0.15) is 0 Å². The maximum absolute atomic E-state index is 12.9. The molecular weight excluding hydrogens is 438 g/mol. The molecule has 0 saturated carbocycles. The summed E-state index contributed by atoms with van der Waals surface area (Å²) >= 11 is 0. The second-order valence-electron chi connectivity index (χ2n) is 8.21. The summed E-state index contributed by atoms with van der Waals surface area (Å²) in [5.74, 6) is 1.17. The van der Waals surface area contributed by atoms with E-state index < -0.39 is 0 Å². The van der Waals surface area contributed by atoms with Crippen molar-refractivity contribution in [1.82, 2.24) is 4.90 Å². The topological polar surface area (TPSA) is 97.4 Å². The number of nitrogens with zero attached hydrogens (tertiary/aromatic N) is 2. The molecule has 9 heteroatoms. The number of amides is 2. The normalized spacial score (nSPS) is 16.8. The highest BCUT2D eigenvalue weighted by Gasteiger charge is 2.24. The minimum absolute atomic E-state index is 0.00115. The Hall–Kier alpha value is -3.75. The first-order valence-corrected chi connectivity index (χ1v) is 11.3. The maximum atomic E-state index is 12.9. The molecule has 0 radical (unpaired) electrons. The molecule has 2 aromatic rings. The van der Waals surface area contributed by atoms with Gasteiger partial charge < -0.3 is 29.3 Å². The number of anilines is 2. The van der Waals surface area contributed by atoms with Crippen molar-refractivity contribution >= 4 is 29.2 Å². The Kier molecular flexibility index (Phi) is 7.20. The molecule has 3 aliphatic rings. The summed E-state index contributed by atoms with van der Waals surface area (Å²) in [6.07, 6.45) is 1.93. The Morgan fingerprint density at radius 3 is 2.24 bits per heavy atom. The first-order chi connectivity index (χ1) is 16.5. The lowest BCUT2D eigenvalue weighted by atomic mass is 10.0. The summed E-state index contributed by atoms with van der Waals surface area (Å²) in [5.41, 5.74) is 3.82. The minimum Gasteiger partial charge on any atom is -0.493 e. The van der Waals surface area contributed by atoms with E-state index >= 15 is 0 Å². The number of hydrogen-bond acceptors (Lipinski definition) is 7. The van der Waals surface area contributed by atoms with Gasteiger partial charge in [-0.25, -0.2) is 0 Å².